The summed E-state index contributed by atoms with van der Waals surface area (Å²) in [6, 6.07) is 3.67. The van der Waals surface area contributed by atoms with Gasteiger partial charge in [-0.1, -0.05) is 11.8 Å². The van der Waals surface area contributed by atoms with Crippen LogP contribution in [0.5, 0.6) is 0 Å². The molecule has 7 nitrogen and oxygen atoms in total. The van der Waals surface area contributed by atoms with Crippen LogP contribution in [0.2, 0.25) is 0 Å². The van der Waals surface area contributed by atoms with E-state index in [1.165, 1.54) is 11.8 Å². The van der Waals surface area contributed by atoms with E-state index in [0.29, 0.717) is 44.4 Å². The molecule has 1 atom stereocenters. The normalized spacial score (nSPS) is 16.5. The zero-order valence-corrected chi connectivity index (χ0v) is 14.1. The summed E-state index contributed by atoms with van der Waals surface area (Å²) in [6.45, 7) is 7.17. The van der Waals surface area contributed by atoms with Gasteiger partial charge in [0.05, 0.1) is 24.7 Å². The number of amides is 1. The third-order valence-electron chi connectivity index (χ3n) is 3.73. The molecule has 0 N–H and O–H groups in total. The lowest BCUT2D eigenvalue weighted by atomic mass is 10.3. The van der Waals surface area contributed by atoms with E-state index >= 15 is 0 Å². The SMILES string of the molecule is CCn1c(SC(C)C(=O)N2CCOCC2)nnc1-c1ccco1. The minimum Gasteiger partial charge on any atom is -0.461 e. The average molecular weight is 336 g/mol. The highest BCUT2D eigenvalue weighted by atomic mass is 32.2. The van der Waals surface area contributed by atoms with E-state index in [4.69, 9.17) is 9.15 Å². The van der Waals surface area contributed by atoms with Crippen molar-refractivity contribution in [2.24, 2.45) is 0 Å². The van der Waals surface area contributed by atoms with Crippen LogP contribution in [0.25, 0.3) is 11.6 Å². The van der Waals surface area contributed by atoms with Gasteiger partial charge in [0.25, 0.3) is 0 Å². The zero-order valence-electron chi connectivity index (χ0n) is 13.3. The van der Waals surface area contributed by atoms with Gasteiger partial charge in [-0.25, -0.2) is 0 Å². The summed E-state index contributed by atoms with van der Waals surface area (Å²) in [5, 5.41) is 8.95. The van der Waals surface area contributed by atoms with E-state index in [-0.39, 0.29) is 11.2 Å². The molecule has 8 heteroatoms. The topological polar surface area (TPSA) is 73.4 Å². The van der Waals surface area contributed by atoms with Crippen molar-refractivity contribution in [2.45, 2.75) is 30.8 Å². The van der Waals surface area contributed by atoms with Gasteiger partial charge >= 0.3 is 0 Å². The van der Waals surface area contributed by atoms with Gasteiger partial charge in [-0.2, -0.15) is 0 Å². The van der Waals surface area contributed by atoms with Crippen molar-refractivity contribution in [3.8, 4) is 11.6 Å². The molecular weight excluding hydrogens is 316 g/mol. The van der Waals surface area contributed by atoms with Crippen molar-refractivity contribution in [1.82, 2.24) is 19.7 Å². The molecule has 0 saturated carbocycles. The maximum atomic E-state index is 12.5. The van der Waals surface area contributed by atoms with E-state index in [1.807, 2.05) is 35.4 Å². The van der Waals surface area contributed by atoms with Crippen LogP contribution in [0.15, 0.2) is 28.0 Å². The lowest BCUT2D eigenvalue weighted by molar-refractivity contribution is -0.134. The summed E-state index contributed by atoms with van der Waals surface area (Å²) < 4.78 is 12.7. The number of hydrogen-bond acceptors (Lipinski definition) is 6. The summed E-state index contributed by atoms with van der Waals surface area (Å²) in [6.07, 6.45) is 1.61. The Hall–Kier alpha value is -1.80. The van der Waals surface area contributed by atoms with E-state index in [1.54, 1.807) is 6.26 Å². The standard InChI is InChI=1S/C15H20N4O3S/c1-3-19-13(12-5-4-8-22-12)16-17-15(19)23-11(2)14(20)18-6-9-21-10-7-18/h4-5,8,11H,3,6-7,9-10H2,1-2H3. The van der Waals surface area contributed by atoms with Crippen LogP contribution in [0, 0.1) is 0 Å². The molecule has 2 aromatic heterocycles. The second-order valence-electron chi connectivity index (χ2n) is 5.23. The van der Waals surface area contributed by atoms with Crippen LogP contribution < -0.4 is 0 Å². The highest BCUT2D eigenvalue weighted by molar-refractivity contribution is 8.00. The first-order valence-electron chi connectivity index (χ1n) is 7.71. The maximum absolute atomic E-state index is 12.5. The van der Waals surface area contributed by atoms with E-state index in [0.717, 1.165) is 5.16 Å². The molecule has 1 fully saturated rings. The van der Waals surface area contributed by atoms with E-state index < -0.39 is 0 Å². The number of ether oxygens (including phenoxy) is 1. The third-order valence-corrected chi connectivity index (χ3v) is 4.80. The van der Waals surface area contributed by atoms with E-state index in [9.17, 15) is 4.79 Å². The molecule has 0 aromatic carbocycles. The van der Waals surface area contributed by atoms with Crippen molar-refractivity contribution in [1.29, 1.82) is 0 Å². The second kappa shape index (κ2) is 7.18. The smallest absolute Gasteiger partial charge is 0.236 e. The number of carbonyl (C=O) groups is 1. The predicted molar refractivity (Wildman–Crippen MR) is 86.1 cm³/mol. The van der Waals surface area contributed by atoms with Gasteiger partial charge in [0.1, 0.15) is 0 Å². The van der Waals surface area contributed by atoms with Crippen LogP contribution in [0.4, 0.5) is 0 Å². The predicted octanol–water partition coefficient (Wildman–Crippen LogP) is 1.90. The molecular formula is C15H20N4O3S. The largest absolute Gasteiger partial charge is 0.461 e. The first-order chi connectivity index (χ1) is 11.2. The molecule has 1 aliphatic heterocycles. The summed E-state index contributed by atoms with van der Waals surface area (Å²) in [5.74, 6) is 1.48. The summed E-state index contributed by atoms with van der Waals surface area (Å²) in [5.41, 5.74) is 0. The number of aromatic nitrogens is 3. The first-order valence-corrected chi connectivity index (χ1v) is 8.59. The first kappa shape index (κ1) is 16.1. The average Bonchev–Trinajstić information content (AvgIpc) is 3.23. The molecule has 23 heavy (non-hydrogen) atoms. The summed E-state index contributed by atoms with van der Waals surface area (Å²) >= 11 is 1.43. The van der Waals surface area contributed by atoms with Gasteiger partial charge < -0.3 is 14.1 Å². The van der Waals surface area contributed by atoms with Crippen LogP contribution in [-0.2, 0) is 16.1 Å². The highest BCUT2D eigenvalue weighted by Crippen LogP contribution is 2.27. The number of furan rings is 1. The minimum absolute atomic E-state index is 0.114. The molecule has 3 rings (SSSR count). The summed E-state index contributed by atoms with van der Waals surface area (Å²) in [4.78, 5) is 14.4. The van der Waals surface area contributed by atoms with Gasteiger partial charge in [-0.3, -0.25) is 9.36 Å². The van der Waals surface area contributed by atoms with Crippen LogP contribution >= 0.6 is 11.8 Å². The molecule has 1 unspecified atom stereocenters. The number of nitrogens with zero attached hydrogens (tertiary/aromatic N) is 4. The van der Waals surface area contributed by atoms with Crippen molar-refractivity contribution in [2.75, 3.05) is 26.3 Å². The van der Waals surface area contributed by atoms with Gasteiger partial charge in [0, 0.05) is 19.6 Å². The molecule has 0 bridgehead atoms. The Labute approximate surface area is 139 Å². The van der Waals surface area contributed by atoms with Crippen molar-refractivity contribution in [3.63, 3.8) is 0 Å². The molecule has 1 aliphatic rings. The Bertz CT molecular complexity index is 650. The Kier molecular flexibility index (Phi) is 5.02. The Morgan fingerprint density at radius 2 is 2.17 bits per heavy atom. The van der Waals surface area contributed by atoms with Crippen molar-refractivity contribution >= 4 is 17.7 Å². The van der Waals surface area contributed by atoms with Gasteiger partial charge in [0.15, 0.2) is 16.7 Å². The molecule has 0 aliphatic carbocycles. The second-order valence-corrected chi connectivity index (χ2v) is 6.53. The van der Waals surface area contributed by atoms with Crippen LogP contribution in [0.3, 0.4) is 0 Å². The third kappa shape index (κ3) is 3.42. The number of rotatable bonds is 5. The zero-order chi connectivity index (χ0) is 16.2. The number of morpholine rings is 1. The number of carbonyl (C=O) groups excluding carboxylic acids is 1. The Balaban J connectivity index is 1.73. The molecule has 1 amide bonds. The lowest BCUT2D eigenvalue weighted by Crippen LogP contribution is -2.44. The fraction of sp³-hybridized carbons (Fsp3) is 0.533. The molecule has 1 saturated heterocycles. The lowest BCUT2D eigenvalue weighted by Gasteiger charge is -2.28. The molecule has 3 heterocycles. The molecule has 2 aromatic rings. The quantitative estimate of drug-likeness (QED) is 0.777. The van der Waals surface area contributed by atoms with E-state index in [2.05, 4.69) is 10.2 Å². The Morgan fingerprint density at radius 1 is 1.39 bits per heavy atom. The number of thioether (sulfide) groups is 1. The van der Waals surface area contributed by atoms with Crippen molar-refractivity contribution < 1.29 is 13.9 Å². The monoisotopic (exact) mass is 336 g/mol. The highest BCUT2D eigenvalue weighted by Gasteiger charge is 2.25. The van der Waals surface area contributed by atoms with Gasteiger partial charge in [-0.15, -0.1) is 10.2 Å². The molecule has 0 radical (unpaired) electrons. The fourth-order valence-corrected chi connectivity index (χ4v) is 3.50. The molecule has 0 spiro atoms. The van der Waals surface area contributed by atoms with Gasteiger partial charge in [-0.05, 0) is 26.0 Å². The number of hydrogen-bond donors (Lipinski definition) is 0. The van der Waals surface area contributed by atoms with Crippen LogP contribution in [-0.4, -0.2) is 57.1 Å². The fourth-order valence-electron chi connectivity index (χ4n) is 2.50. The minimum atomic E-state index is -0.216. The molecule has 124 valence electrons. The van der Waals surface area contributed by atoms with Crippen molar-refractivity contribution in [3.05, 3.63) is 18.4 Å². The Morgan fingerprint density at radius 3 is 2.83 bits per heavy atom. The van der Waals surface area contributed by atoms with Crippen LogP contribution in [0.1, 0.15) is 13.8 Å². The summed E-state index contributed by atoms with van der Waals surface area (Å²) in [7, 11) is 0. The van der Waals surface area contributed by atoms with Gasteiger partial charge in [0.2, 0.25) is 5.91 Å². The maximum Gasteiger partial charge on any atom is 0.236 e.